The molecule has 0 saturated heterocycles. The van der Waals surface area contributed by atoms with Crippen LogP contribution in [0.15, 0.2) is 119 Å². The maximum absolute atomic E-state index is 13.2. The van der Waals surface area contributed by atoms with Gasteiger partial charge in [0.2, 0.25) is 11.9 Å². The fourth-order valence-electron chi connectivity index (χ4n) is 4.84. The van der Waals surface area contributed by atoms with E-state index < -0.39 is 25.9 Å². The predicted octanol–water partition coefficient (Wildman–Crippen LogP) is 5.85. The SMILES string of the molecule is COc1cc(S(C)(=O)=O)ccc1Nc1nc2ccc(-c3ccc(NC(=O)[C@H](C)c4ccc(F)cc4)cc3)cn2n1.Cc1ccc(S(=O)(=O)O)cc1.O. The lowest BCUT2D eigenvalue weighted by Gasteiger charge is -2.13. The number of amides is 1. The lowest BCUT2D eigenvalue weighted by Crippen LogP contribution is -2.18. The molecule has 5 N–H and O–H groups in total. The number of carbonyl (C=O) groups is 1. The second-order valence-electron chi connectivity index (χ2n) is 11.5. The smallest absolute Gasteiger partial charge is 0.294 e. The molecule has 2 heterocycles. The first-order valence-corrected chi connectivity index (χ1v) is 18.7. The number of nitrogens with one attached hydrogen (secondary N) is 2. The largest absolute Gasteiger partial charge is 0.495 e. The molecule has 4 aromatic carbocycles. The summed E-state index contributed by atoms with van der Waals surface area (Å²) in [5.74, 6) is -0.302. The zero-order valence-corrected chi connectivity index (χ0v) is 30.0. The molecule has 13 nitrogen and oxygen atoms in total. The lowest BCUT2D eigenvalue weighted by atomic mass is 10.00. The van der Waals surface area contributed by atoms with Gasteiger partial charge in [-0.05, 0) is 85.6 Å². The summed E-state index contributed by atoms with van der Waals surface area (Å²) in [6.45, 7) is 3.61. The van der Waals surface area contributed by atoms with Gasteiger partial charge in [-0.25, -0.2) is 17.3 Å². The van der Waals surface area contributed by atoms with E-state index >= 15 is 0 Å². The third kappa shape index (κ3) is 9.76. The Kier molecular flexibility index (Phi) is 12.1. The Labute approximate surface area is 300 Å². The summed E-state index contributed by atoms with van der Waals surface area (Å²) in [5, 5.41) is 10.5. The Morgan fingerprint density at radius 1 is 0.865 bits per heavy atom. The molecule has 0 spiro atoms. The van der Waals surface area contributed by atoms with Gasteiger partial charge in [-0.2, -0.15) is 13.4 Å². The van der Waals surface area contributed by atoms with Crippen molar-refractivity contribution >= 4 is 48.8 Å². The van der Waals surface area contributed by atoms with Crippen molar-refractivity contribution in [2.45, 2.75) is 29.6 Å². The van der Waals surface area contributed by atoms with E-state index in [0.717, 1.165) is 28.5 Å². The summed E-state index contributed by atoms with van der Waals surface area (Å²) in [5.41, 5.74) is 5.26. The summed E-state index contributed by atoms with van der Waals surface area (Å²) in [4.78, 5) is 17.2. The van der Waals surface area contributed by atoms with Gasteiger partial charge >= 0.3 is 0 Å². The number of carbonyl (C=O) groups excluding carboxylic acids is 1. The van der Waals surface area contributed by atoms with Gasteiger partial charge in [0.25, 0.3) is 10.1 Å². The highest BCUT2D eigenvalue weighted by molar-refractivity contribution is 7.90. The molecule has 0 fully saturated rings. The van der Waals surface area contributed by atoms with Gasteiger partial charge in [0, 0.05) is 29.8 Å². The van der Waals surface area contributed by atoms with E-state index in [1.54, 1.807) is 41.8 Å². The van der Waals surface area contributed by atoms with Crippen LogP contribution in [0.1, 0.15) is 24.0 Å². The summed E-state index contributed by atoms with van der Waals surface area (Å²) < 4.78 is 73.4. The number of benzene rings is 4. The minimum absolute atomic E-state index is 0. The van der Waals surface area contributed by atoms with Crippen LogP contribution in [0.2, 0.25) is 0 Å². The van der Waals surface area contributed by atoms with Crippen molar-refractivity contribution < 1.29 is 40.8 Å². The molecule has 0 unspecified atom stereocenters. The van der Waals surface area contributed by atoms with Crippen molar-refractivity contribution in [3.05, 3.63) is 126 Å². The van der Waals surface area contributed by atoms with E-state index in [9.17, 15) is 26.0 Å². The highest BCUT2D eigenvalue weighted by Gasteiger charge is 2.16. The molecule has 1 atom stereocenters. The maximum Gasteiger partial charge on any atom is 0.294 e. The number of sulfone groups is 1. The highest BCUT2D eigenvalue weighted by Crippen LogP contribution is 2.30. The summed E-state index contributed by atoms with van der Waals surface area (Å²) in [6.07, 6.45) is 2.97. The van der Waals surface area contributed by atoms with Gasteiger partial charge in [0.1, 0.15) is 11.6 Å². The Morgan fingerprint density at radius 2 is 1.48 bits per heavy atom. The minimum atomic E-state index is -4.02. The van der Waals surface area contributed by atoms with Crippen LogP contribution in [-0.4, -0.2) is 60.7 Å². The van der Waals surface area contributed by atoms with E-state index in [1.807, 2.05) is 49.5 Å². The number of nitrogens with zero attached hydrogens (tertiary/aromatic N) is 3. The molecule has 0 bridgehead atoms. The molecule has 6 aromatic rings. The summed E-state index contributed by atoms with van der Waals surface area (Å²) in [7, 11) is -5.94. The zero-order chi connectivity index (χ0) is 36.9. The van der Waals surface area contributed by atoms with Gasteiger partial charge in [-0.3, -0.25) is 9.35 Å². The van der Waals surface area contributed by atoms with E-state index in [1.165, 1.54) is 43.5 Å². The molecule has 0 saturated carbocycles. The lowest BCUT2D eigenvalue weighted by molar-refractivity contribution is -0.117. The number of aryl methyl sites for hydroxylation is 1. The van der Waals surface area contributed by atoms with E-state index in [4.69, 9.17) is 9.29 Å². The summed E-state index contributed by atoms with van der Waals surface area (Å²) >= 11 is 0. The first kappa shape index (κ1) is 39.1. The Balaban J connectivity index is 0.000000433. The molecule has 1 amide bonds. The quantitative estimate of drug-likeness (QED) is 0.151. The monoisotopic (exact) mass is 749 g/mol. The Bertz CT molecular complexity index is 2400. The number of aromatic nitrogens is 3. The van der Waals surface area contributed by atoms with Crippen LogP contribution >= 0.6 is 0 Å². The van der Waals surface area contributed by atoms with Crippen molar-refractivity contribution in [3.63, 3.8) is 0 Å². The average molecular weight is 750 g/mol. The molecule has 16 heteroatoms. The molecule has 0 radical (unpaired) electrons. The summed E-state index contributed by atoms with van der Waals surface area (Å²) in [6, 6.07) is 27.6. The number of pyridine rings is 1. The molecule has 272 valence electrons. The first-order valence-electron chi connectivity index (χ1n) is 15.3. The molecule has 0 aliphatic heterocycles. The molecule has 52 heavy (non-hydrogen) atoms. The van der Waals surface area contributed by atoms with Crippen LogP contribution in [0.25, 0.3) is 16.8 Å². The molecule has 0 aliphatic carbocycles. The number of hydrogen-bond acceptors (Lipinski definition) is 9. The normalized spacial score (nSPS) is 11.8. The standard InChI is InChI=1S/C29H26FN5O4S.C7H8O3S.H2O/c1-18(19-4-9-22(30)10-5-19)28(36)31-23-11-6-20(7-12-23)21-8-15-27-33-29(34-35(27)17-21)32-25-14-13-24(40(3,37)38)16-26(25)39-2;1-6-2-4-7(5-3-6)11(8,9)10;/h4-18H,1-3H3,(H,31,36)(H,32,34);2-5H,1H3,(H,8,9,10);1H2/t18-;;/m1../s1. The van der Waals surface area contributed by atoms with Gasteiger partial charge in [0.05, 0.1) is 28.5 Å². The second kappa shape index (κ2) is 16.1. The van der Waals surface area contributed by atoms with Crippen molar-refractivity contribution in [2.24, 2.45) is 0 Å². The number of methoxy groups -OCH3 is 1. The van der Waals surface area contributed by atoms with Crippen LogP contribution in [-0.2, 0) is 24.7 Å². The van der Waals surface area contributed by atoms with E-state index in [0.29, 0.717) is 28.7 Å². The number of halogens is 1. The number of fused-ring (bicyclic) bond motifs is 1. The average Bonchev–Trinajstić information content (AvgIpc) is 3.50. The number of ether oxygens (including phenoxy) is 1. The topological polar surface area (TPSA) is 201 Å². The first-order chi connectivity index (χ1) is 24.1. The van der Waals surface area contributed by atoms with Crippen LogP contribution < -0.4 is 15.4 Å². The maximum atomic E-state index is 13.2. The number of rotatable bonds is 9. The molecular weight excluding hydrogens is 714 g/mol. The van der Waals surface area contributed by atoms with Crippen LogP contribution in [0, 0.1) is 12.7 Å². The van der Waals surface area contributed by atoms with Crippen LogP contribution in [0.4, 0.5) is 21.7 Å². The van der Waals surface area contributed by atoms with Crippen molar-refractivity contribution in [2.75, 3.05) is 24.0 Å². The number of anilines is 3. The Morgan fingerprint density at radius 3 is 2.08 bits per heavy atom. The second-order valence-corrected chi connectivity index (χ2v) is 15.0. The minimum Gasteiger partial charge on any atom is -0.495 e. The highest BCUT2D eigenvalue weighted by atomic mass is 32.2. The molecule has 0 aliphatic rings. The van der Waals surface area contributed by atoms with Crippen molar-refractivity contribution in [1.29, 1.82) is 0 Å². The van der Waals surface area contributed by atoms with E-state index in [-0.39, 0.29) is 27.0 Å². The van der Waals surface area contributed by atoms with Crippen LogP contribution in [0.3, 0.4) is 0 Å². The third-order valence-corrected chi connectivity index (χ3v) is 9.72. The molecule has 2 aromatic heterocycles. The molecular formula is C36H36FN5O8S2. The fraction of sp³-hybridized carbons (Fsp3) is 0.139. The third-order valence-electron chi connectivity index (χ3n) is 7.75. The van der Waals surface area contributed by atoms with Crippen molar-refractivity contribution in [3.8, 4) is 16.9 Å². The van der Waals surface area contributed by atoms with Gasteiger partial charge < -0.3 is 20.8 Å². The number of hydrogen-bond donors (Lipinski definition) is 3. The van der Waals surface area contributed by atoms with E-state index in [2.05, 4.69) is 20.7 Å². The van der Waals surface area contributed by atoms with Gasteiger partial charge in [0.15, 0.2) is 15.5 Å². The van der Waals surface area contributed by atoms with Gasteiger partial charge in [-0.15, -0.1) is 5.10 Å². The van der Waals surface area contributed by atoms with Gasteiger partial charge in [-0.1, -0.05) is 42.0 Å². The Hall–Kier alpha value is -5.68. The predicted molar refractivity (Wildman–Crippen MR) is 196 cm³/mol. The fourth-order valence-corrected chi connectivity index (χ4v) is 5.96. The van der Waals surface area contributed by atoms with Crippen LogP contribution in [0.5, 0.6) is 5.75 Å². The zero-order valence-electron chi connectivity index (χ0n) is 28.4. The molecule has 6 rings (SSSR count). The van der Waals surface area contributed by atoms with Crippen molar-refractivity contribution in [1.82, 2.24) is 14.6 Å².